The number of hydrogen-bond acceptors (Lipinski definition) is 3. The van der Waals surface area contributed by atoms with Gasteiger partial charge in [0.05, 0.1) is 23.2 Å². The lowest BCUT2D eigenvalue weighted by Crippen LogP contribution is -2.32. The van der Waals surface area contributed by atoms with Crippen molar-refractivity contribution in [2.45, 2.75) is 19.4 Å². The highest BCUT2D eigenvalue weighted by Gasteiger charge is 2.23. The van der Waals surface area contributed by atoms with Crippen LogP contribution < -0.4 is 10.1 Å². The normalized spacial score (nSPS) is 16.8. The van der Waals surface area contributed by atoms with Crippen LogP contribution in [0.25, 0.3) is 0 Å². The minimum atomic E-state index is -0.214. The molecule has 1 N–H and O–H groups in total. The maximum Gasteiger partial charge on any atom is 0.254 e. The fourth-order valence-corrected chi connectivity index (χ4v) is 2.71. The lowest BCUT2D eigenvalue weighted by Gasteiger charge is -2.26. The van der Waals surface area contributed by atoms with Crippen molar-refractivity contribution in [3.05, 3.63) is 58.4 Å². The Balaban J connectivity index is 1.83. The Morgan fingerprint density at radius 1 is 1.43 bits per heavy atom. The van der Waals surface area contributed by atoms with Crippen molar-refractivity contribution in [1.82, 2.24) is 10.3 Å². The van der Waals surface area contributed by atoms with Crippen molar-refractivity contribution >= 4 is 17.5 Å². The van der Waals surface area contributed by atoms with E-state index in [9.17, 15) is 4.79 Å². The number of carbonyl (C=O) groups is 1. The van der Waals surface area contributed by atoms with Crippen LogP contribution in [0, 0.1) is 6.92 Å². The van der Waals surface area contributed by atoms with Crippen molar-refractivity contribution in [3.8, 4) is 5.75 Å². The standard InChI is InChI=1S/C16H15ClN2O2/c1-10-8-13(17)12(9-18-10)16(20)19-14-6-7-21-15-5-3-2-4-11(14)15/h2-5,8-9,14H,6-7H2,1H3,(H,19,20). The predicted octanol–water partition coefficient (Wildman–Crippen LogP) is 3.30. The third-order valence-electron chi connectivity index (χ3n) is 3.50. The van der Waals surface area contributed by atoms with Gasteiger partial charge in [-0.1, -0.05) is 29.8 Å². The van der Waals surface area contributed by atoms with E-state index in [1.165, 1.54) is 6.20 Å². The van der Waals surface area contributed by atoms with E-state index in [0.717, 1.165) is 23.4 Å². The number of para-hydroxylation sites is 1. The second-order valence-corrected chi connectivity index (χ2v) is 5.41. The maximum atomic E-state index is 12.4. The quantitative estimate of drug-likeness (QED) is 0.926. The largest absolute Gasteiger partial charge is 0.493 e. The number of carbonyl (C=O) groups excluding carboxylic acids is 1. The summed E-state index contributed by atoms with van der Waals surface area (Å²) < 4.78 is 5.59. The highest BCUT2D eigenvalue weighted by molar-refractivity contribution is 6.33. The van der Waals surface area contributed by atoms with Gasteiger partial charge in [-0.3, -0.25) is 9.78 Å². The molecule has 0 bridgehead atoms. The Morgan fingerprint density at radius 3 is 3.05 bits per heavy atom. The minimum absolute atomic E-state index is 0.0696. The molecule has 5 heteroatoms. The van der Waals surface area contributed by atoms with Crippen LogP contribution in [0.3, 0.4) is 0 Å². The number of nitrogens with one attached hydrogen (secondary N) is 1. The molecule has 1 aromatic carbocycles. The highest BCUT2D eigenvalue weighted by Crippen LogP contribution is 2.31. The number of aromatic nitrogens is 1. The molecule has 1 aromatic heterocycles. The number of amides is 1. The summed E-state index contributed by atoms with van der Waals surface area (Å²) in [6, 6.07) is 9.35. The number of fused-ring (bicyclic) bond motifs is 1. The Bertz CT molecular complexity index is 688. The minimum Gasteiger partial charge on any atom is -0.493 e. The van der Waals surface area contributed by atoms with Crippen LogP contribution in [0.2, 0.25) is 5.02 Å². The van der Waals surface area contributed by atoms with Crippen LogP contribution in [0.1, 0.15) is 34.1 Å². The number of aryl methyl sites for hydroxylation is 1. The number of nitrogens with zero attached hydrogens (tertiary/aromatic N) is 1. The van der Waals surface area contributed by atoms with Crippen molar-refractivity contribution in [2.24, 2.45) is 0 Å². The summed E-state index contributed by atoms with van der Waals surface area (Å²) in [5, 5.41) is 3.43. The molecule has 4 nitrogen and oxygen atoms in total. The molecule has 0 saturated heterocycles. The van der Waals surface area contributed by atoms with Gasteiger partial charge in [0.2, 0.25) is 0 Å². The molecular weight excluding hydrogens is 288 g/mol. The van der Waals surface area contributed by atoms with E-state index in [2.05, 4.69) is 10.3 Å². The fraction of sp³-hybridized carbons (Fsp3) is 0.250. The number of ether oxygens (including phenoxy) is 1. The summed E-state index contributed by atoms with van der Waals surface area (Å²) in [6.07, 6.45) is 2.25. The van der Waals surface area contributed by atoms with E-state index >= 15 is 0 Å². The lowest BCUT2D eigenvalue weighted by atomic mass is 10.0. The summed E-state index contributed by atoms with van der Waals surface area (Å²) in [7, 11) is 0. The summed E-state index contributed by atoms with van der Waals surface area (Å²) in [5.41, 5.74) is 2.17. The molecule has 1 amide bonds. The van der Waals surface area contributed by atoms with Crippen molar-refractivity contribution in [2.75, 3.05) is 6.61 Å². The summed E-state index contributed by atoms with van der Waals surface area (Å²) >= 11 is 6.12. The number of pyridine rings is 1. The molecule has 1 unspecified atom stereocenters. The maximum absolute atomic E-state index is 12.4. The van der Waals surface area contributed by atoms with Gasteiger partial charge in [0.15, 0.2) is 0 Å². The van der Waals surface area contributed by atoms with E-state index < -0.39 is 0 Å². The number of hydrogen-bond donors (Lipinski definition) is 1. The number of benzene rings is 1. The number of rotatable bonds is 2. The van der Waals surface area contributed by atoms with E-state index in [4.69, 9.17) is 16.3 Å². The number of halogens is 1. The first-order valence-corrected chi connectivity index (χ1v) is 7.17. The summed E-state index contributed by atoms with van der Waals surface area (Å²) in [4.78, 5) is 16.5. The molecule has 0 spiro atoms. The van der Waals surface area contributed by atoms with Gasteiger partial charge in [-0.05, 0) is 19.1 Å². The van der Waals surface area contributed by atoms with E-state index in [-0.39, 0.29) is 11.9 Å². The highest BCUT2D eigenvalue weighted by atomic mass is 35.5. The first-order chi connectivity index (χ1) is 10.1. The van der Waals surface area contributed by atoms with Gasteiger partial charge < -0.3 is 10.1 Å². The summed E-state index contributed by atoms with van der Waals surface area (Å²) in [6.45, 7) is 2.42. The lowest BCUT2D eigenvalue weighted by molar-refractivity contribution is 0.0924. The Kier molecular flexibility index (Phi) is 3.80. The van der Waals surface area contributed by atoms with E-state index in [0.29, 0.717) is 17.2 Å². The molecule has 1 aliphatic rings. The van der Waals surface area contributed by atoms with Gasteiger partial charge >= 0.3 is 0 Å². The third kappa shape index (κ3) is 2.85. The molecule has 2 aromatic rings. The van der Waals surface area contributed by atoms with Crippen LogP contribution in [0.4, 0.5) is 0 Å². The topological polar surface area (TPSA) is 51.2 Å². The second kappa shape index (κ2) is 5.74. The first-order valence-electron chi connectivity index (χ1n) is 6.80. The van der Waals surface area contributed by atoms with Gasteiger partial charge in [0.25, 0.3) is 5.91 Å². The predicted molar refractivity (Wildman–Crippen MR) is 80.7 cm³/mol. The van der Waals surface area contributed by atoms with Gasteiger partial charge in [0.1, 0.15) is 5.75 Å². The van der Waals surface area contributed by atoms with Gasteiger partial charge in [0, 0.05) is 23.9 Å². The van der Waals surface area contributed by atoms with Gasteiger partial charge in [-0.15, -0.1) is 0 Å². The molecule has 1 atom stereocenters. The molecule has 108 valence electrons. The fourth-order valence-electron chi connectivity index (χ4n) is 2.42. The van der Waals surface area contributed by atoms with Crippen molar-refractivity contribution in [1.29, 1.82) is 0 Å². The second-order valence-electron chi connectivity index (χ2n) is 5.01. The average molecular weight is 303 g/mol. The Hall–Kier alpha value is -2.07. The zero-order valence-corrected chi connectivity index (χ0v) is 12.4. The van der Waals surface area contributed by atoms with Crippen LogP contribution >= 0.6 is 11.6 Å². The zero-order valence-electron chi connectivity index (χ0n) is 11.6. The van der Waals surface area contributed by atoms with E-state index in [1.807, 2.05) is 31.2 Å². The molecule has 0 fully saturated rings. The monoisotopic (exact) mass is 302 g/mol. The molecule has 21 heavy (non-hydrogen) atoms. The smallest absolute Gasteiger partial charge is 0.254 e. The SMILES string of the molecule is Cc1cc(Cl)c(C(=O)NC2CCOc3ccccc32)cn1. The Morgan fingerprint density at radius 2 is 2.24 bits per heavy atom. The van der Waals surface area contributed by atoms with Gasteiger partial charge in [-0.2, -0.15) is 0 Å². The Labute approximate surface area is 128 Å². The molecule has 1 aliphatic heterocycles. The summed E-state index contributed by atoms with van der Waals surface area (Å²) in [5.74, 6) is 0.608. The van der Waals surface area contributed by atoms with Crippen molar-refractivity contribution < 1.29 is 9.53 Å². The molecule has 0 aliphatic carbocycles. The first kappa shape index (κ1) is 13.9. The van der Waals surface area contributed by atoms with Crippen LogP contribution in [-0.4, -0.2) is 17.5 Å². The van der Waals surface area contributed by atoms with Crippen molar-refractivity contribution in [3.63, 3.8) is 0 Å². The third-order valence-corrected chi connectivity index (χ3v) is 3.81. The molecule has 0 radical (unpaired) electrons. The average Bonchev–Trinajstić information content (AvgIpc) is 2.47. The van der Waals surface area contributed by atoms with Crippen LogP contribution in [-0.2, 0) is 0 Å². The molecule has 2 heterocycles. The van der Waals surface area contributed by atoms with E-state index in [1.54, 1.807) is 6.07 Å². The molecule has 0 saturated carbocycles. The molecular formula is C16H15ClN2O2. The van der Waals surface area contributed by atoms with Crippen LogP contribution in [0.5, 0.6) is 5.75 Å². The zero-order chi connectivity index (χ0) is 14.8. The van der Waals surface area contributed by atoms with Gasteiger partial charge in [-0.25, -0.2) is 0 Å². The molecule has 3 rings (SSSR count). The van der Waals surface area contributed by atoms with Crippen LogP contribution in [0.15, 0.2) is 36.5 Å².